The lowest BCUT2D eigenvalue weighted by Gasteiger charge is -2.44. The highest BCUT2D eigenvalue weighted by molar-refractivity contribution is 7.09. The molecule has 1 N–H and O–H groups in total. The van der Waals surface area contributed by atoms with Gasteiger partial charge in [0.05, 0.1) is 11.2 Å². The minimum Gasteiger partial charge on any atom is -0.305 e. The zero-order chi connectivity index (χ0) is 14.8. The number of hydrogen-bond donors (Lipinski definition) is 1. The van der Waals surface area contributed by atoms with Crippen molar-refractivity contribution in [2.24, 2.45) is 0 Å². The van der Waals surface area contributed by atoms with Gasteiger partial charge in [-0.25, -0.2) is 4.98 Å². The van der Waals surface area contributed by atoms with Crippen LogP contribution in [0.1, 0.15) is 63.6 Å². The van der Waals surface area contributed by atoms with Crippen molar-refractivity contribution in [3.63, 3.8) is 0 Å². The van der Waals surface area contributed by atoms with E-state index in [1.165, 1.54) is 23.5 Å². The summed E-state index contributed by atoms with van der Waals surface area (Å²) in [6.45, 7) is 11.2. The van der Waals surface area contributed by atoms with Crippen molar-refractivity contribution >= 4 is 11.3 Å². The Labute approximate surface area is 127 Å². The SMILES string of the molecule is CCCNC1(c2nc(C(C)C)cs2)CCN(C)C(C)C1. The molecule has 2 heterocycles. The van der Waals surface area contributed by atoms with Crippen LogP contribution in [0.25, 0.3) is 0 Å². The average Bonchev–Trinajstić information content (AvgIpc) is 2.91. The van der Waals surface area contributed by atoms with Crippen LogP contribution in [-0.4, -0.2) is 36.1 Å². The molecule has 0 saturated carbocycles. The van der Waals surface area contributed by atoms with Crippen molar-refractivity contribution in [1.82, 2.24) is 15.2 Å². The molecule has 114 valence electrons. The van der Waals surface area contributed by atoms with E-state index in [4.69, 9.17) is 4.98 Å². The van der Waals surface area contributed by atoms with Crippen LogP contribution in [0.4, 0.5) is 0 Å². The van der Waals surface area contributed by atoms with Crippen LogP contribution < -0.4 is 5.32 Å². The van der Waals surface area contributed by atoms with Crippen LogP contribution >= 0.6 is 11.3 Å². The molecule has 1 aliphatic rings. The van der Waals surface area contributed by atoms with Gasteiger partial charge in [-0.3, -0.25) is 0 Å². The average molecular weight is 295 g/mol. The van der Waals surface area contributed by atoms with Gasteiger partial charge in [-0.2, -0.15) is 0 Å². The van der Waals surface area contributed by atoms with Gasteiger partial charge in [-0.1, -0.05) is 20.8 Å². The van der Waals surface area contributed by atoms with Crippen molar-refractivity contribution in [2.45, 2.75) is 64.5 Å². The highest BCUT2D eigenvalue weighted by Crippen LogP contribution is 2.37. The molecule has 0 radical (unpaired) electrons. The molecule has 3 nitrogen and oxygen atoms in total. The molecule has 0 bridgehead atoms. The maximum Gasteiger partial charge on any atom is 0.113 e. The van der Waals surface area contributed by atoms with Gasteiger partial charge in [0, 0.05) is 18.0 Å². The van der Waals surface area contributed by atoms with Crippen LogP contribution in [0.15, 0.2) is 5.38 Å². The van der Waals surface area contributed by atoms with Crippen molar-refractivity contribution in [3.8, 4) is 0 Å². The number of aromatic nitrogens is 1. The Morgan fingerprint density at radius 1 is 1.55 bits per heavy atom. The van der Waals surface area contributed by atoms with Gasteiger partial charge in [-0.15, -0.1) is 11.3 Å². The van der Waals surface area contributed by atoms with Crippen LogP contribution in [0.5, 0.6) is 0 Å². The van der Waals surface area contributed by atoms with Crippen molar-refractivity contribution in [1.29, 1.82) is 0 Å². The first-order valence-electron chi connectivity index (χ1n) is 7.89. The number of likely N-dealkylation sites (tertiary alicyclic amines) is 1. The van der Waals surface area contributed by atoms with E-state index in [1.807, 2.05) is 11.3 Å². The Bertz CT molecular complexity index is 425. The van der Waals surface area contributed by atoms with E-state index in [9.17, 15) is 0 Å². The minimum absolute atomic E-state index is 0.0970. The molecule has 2 atom stereocenters. The second kappa shape index (κ2) is 6.54. The summed E-state index contributed by atoms with van der Waals surface area (Å²) in [6.07, 6.45) is 3.50. The Hall–Kier alpha value is -0.450. The van der Waals surface area contributed by atoms with E-state index in [-0.39, 0.29) is 5.54 Å². The predicted octanol–water partition coefficient (Wildman–Crippen LogP) is 3.58. The van der Waals surface area contributed by atoms with Crippen molar-refractivity contribution in [2.75, 3.05) is 20.1 Å². The third-order valence-corrected chi connectivity index (χ3v) is 5.59. The minimum atomic E-state index is 0.0970. The van der Waals surface area contributed by atoms with Gasteiger partial charge in [-0.05, 0) is 45.7 Å². The molecule has 2 unspecified atom stereocenters. The third kappa shape index (κ3) is 3.23. The van der Waals surface area contributed by atoms with E-state index in [0.29, 0.717) is 12.0 Å². The monoisotopic (exact) mass is 295 g/mol. The third-order valence-electron chi connectivity index (χ3n) is 4.52. The van der Waals surface area contributed by atoms with E-state index in [2.05, 4.69) is 50.3 Å². The Kier molecular flexibility index (Phi) is 5.21. The number of nitrogens with one attached hydrogen (secondary N) is 1. The second-order valence-corrected chi connectivity index (χ2v) is 7.38. The van der Waals surface area contributed by atoms with Crippen LogP contribution in [-0.2, 0) is 5.54 Å². The fraction of sp³-hybridized carbons (Fsp3) is 0.812. The van der Waals surface area contributed by atoms with Gasteiger partial charge in [0.15, 0.2) is 0 Å². The molecule has 20 heavy (non-hydrogen) atoms. The van der Waals surface area contributed by atoms with Gasteiger partial charge in [0.25, 0.3) is 0 Å². The van der Waals surface area contributed by atoms with E-state index >= 15 is 0 Å². The van der Waals surface area contributed by atoms with E-state index in [1.54, 1.807) is 0 Å². The molecule has 0 aliphatic carbocycles. The van der Waals surface area contributed by atoms with E-state index in [0.717, 1.165) is 19.5 Å². The fourth-order valence-electron chi connectivity index (χ4n) is 2.92. The molecular formula is C16H29N3S. The zero-order valence-electron chi connectivity index (χ0n) is 13.6. The molecule has 0 aromatic carbocycles. The quantitative estimate of drug-likeness (QED) is 0.900. The summed E-state index contributed by atoms with van der Waals surface area (Å²) in [6, 6.07) is 0.611. The van der Waals surface area contributed by atoms with Crippen LogP contribution in [0, 0.1) is 0 Å². The summed E-state index contributed by atoms with van der Waals surface area (Å²) in [5, 5.41) is 7.37. The summed E-state index contributed by atoms with van der Waals surface area (Å²) in [5.74, 6) is 0.520. The van der Waals surface area contributed by atoms with Crippen LogP contribution in [0.3, 0.4) is 0 Å². The Morgan fingerprint density at radius 3 is 2.85 bits per heavy atom. The summed E-state index contributed by atoms with van der Waals surface area (Å²) in [5.41, 5.74) is 1.34. The van der Waals surface area contributed by atoms with E-state index < -0.39 is 0 Å². The lowest BCUT2D eigenvalue weighted by atomic mass is 9.84. The molecule has 1 fully saturated rings. The summed E-state index contributed by atoms with van der Waals surface area (Å²) >= 11 is 1.84. The topological polar surface area (TPSA) is 28.2 Å². The lowest BCUT2D eigenvalue weighted by Crippen LogP contribution is -2.53. The Balaban J connectivity index is 2.26. The predicted molar refractivity (Wildman–Crippen MR) is 87.5 cm³/mol. The number of rotatable bonds is 5. The summed E-state index contributed by atoms with van der Waals surface area (Å²) < 4.78 is 0. The normalized spacial score (nSPS) is 28.2. The molecule has 1 saturated heterocycles. The molecule has 0 amide bonds. The standard InChI is InChI=1S/C16H29N3S/c1-6-8-17-16(7-9-19(5)13(4)10-16)15-18-14(11-20-15)12(2)3/h11-13,17H,6-10H2,1-5H3. The first kappa shape index (κ1) is 15.9. The molecule has 1 aromatic heterocycles. The first-order chi connectivity index (χ1) is 9.48. The number of piperidine rings is 1. The largest absolute Gasteiger partial charge is 0.305 e. The number of hydrogen-bond acceptors (Lipinski definition) is 4. The molecule has 0 spiro atoms. The zero-order valence-corrected chi connectivity index (χ0v) is 14.4. The van der Waals surface area contributed by atoms with Gasteiger partial charge >= 0.3 is 0 Å². The number of nitrogens with zero attached hydrogens (tertiary/aromatic N) is 2. The summed E-state index contributed by atoms with van der Waals surface area (Å²) in [4.78, 5) is 7.42. The molecule has 1 aromatic rings. The summed E-state index contributed by atoms with van der Waals surface area (Å²) in [7, 11) is 2.23. The molecule has 2 rings (SSSR count). The molecular weight excluding hydrogens is 266 g/mol. The second-order valence-electron chi connectivity index (χ2n) is 6.52. The molecule has 1 aliphatic heterocycles. The van der Waals surface area contributed by atoms with Gasteiger partial charge in [0.2, 0.25) is 0 Å². The van der Waals surface area contributed by atoms with Crippen LogP contribution in [0.2, 0.25) is 0 Å². The number of thiazole rings is 1. The highest BCUT2D eigenvalue weighted by Gasteiger charge is 2.40. The maximum absolute atomic E-state index is 4.96. The molecule has 4 heteroatoms. The first-order valence-corrected chi connectivity index (χ1v) is 8.77. The van der Waals surface area contributed by atoms with Gasteiger partial charge < -0.3 is 10.2 Å². The van der Waals surface area contributed by atoms with Crippen molar-refractivity contribution < 1.29 is 0 Å². The Morgan fingerprint density at radius 2 is 2.30 bits per heavy atom. The van der Waals surface area contributed by atoms with Gasteiger partial charge in [0.1, 0.15) is 5.01 Å². The smallest absolute Gasteiger partial charge is 0.113 e. The highest BCUT2D eigenvalue weighted by atomic mass is 32.1. The van der Waals surface area contributed by atoms with Crippen molar-refractivity contribution in [3.05, 3.63) is 16.1 Å². The lowest BCUT2D eigenvalue weighted by molar-refractivity contribution is 0.106. The fourth-order valence-corrected chi connectivity index (χ4v) is 4.11. The maximum atomic E-state index is 4.96.